The summed E-state index contributed by atoms with van der Waals surface area (Å²) in [5, 5.41) is 13.5. The van der Waals surface area contributed by atoms with Gasteiger partial charge in [-0.05, 0) is 17.8 Å². The Morgan fingerprint density at radius 3 is 2.65 bits per heavy atom. The van der Waals surface area contributed by atoms with E-state index in [1.165, 1.54) is 4.57 Å². The molecular weight excluding hydrogens is 409 g/mol. The van der Waals surface area contributed by atoms with Crippen LogP contribution >= 0.6 is 34.8 Å². The summed E-state index contributed by atoms with van der Waals surface area (Å²) in [5.41, 5.74) is 0. The maximum atomic E-state index is 12.1. The van der Waals surface area contributed by atoms with Gasteiger partial charge in [0.1, 0.15) is 25.5 Å². The molecule has 1 aromatic heterocycles. The SMILES string of the molecule is Cc1ncc([N+](=O)[O-])n1CCOC(=O)NC(N1CCCCC1)C(Cl)(Cl)Cl. The van der Waals surface area contributed by atoms with Gasteiger partial charge < -0.3 is 20.2 Å². The predicted molar refractivity (Wildman–Crippen MR) is 97.6 cm³/mol. The number of amides is 1. The molecule has 1 unspecified atom stereocenters. The summed E-state index contributed by atoms with van der Waals surface area (Å²) in [5.74, 6) is 0.284. The molecule has 0 aliphatic carbocycles. The van der Waals surface area contributed by atoms with Crippen molar-refractivity contribution < 1.29 is 14.5 Å². The number of carbonyl (C=O) groups excluding carboxylic acids is 1. The minimum atomic E-state index is -1.71. The third-order valence-electron chi connectivity index (χ3n) is 4.09. The number of likely N-dealkylation sites (tertiary alicyclic amines) is 1. The smallest absolute Gasteiger partial charge is 0.408 e. The van der Waals surface area contributed by atoms with Gasteiger partial charge in [0.15, 0.2) is 5.82 Å². The molecule has 0 radical (unpaired) electrons. The van der Waals surface area contributed by atoms with Gasteiger partial charge in [-0.2, -0.15) is 0 Å². The second kappa shape index (κ2) is 9.07. The van der Waals surface area contributed by atoms with Gasteiger partial charge in [0.05, 0.1) is 0 Å². The number of rotatable bonds is 6. The van der Waals surface area contributed by atoms with Crippen LogP contribution in [0.3, 0.4) is 0 Å². The number of hydrogen-bond donors (Lipinski definition) is 1. The summed E-state index contributed by atoms with van der Waals surface area (Å²) in [6.45, 7) is 3.05. The highest BCUT2D eigenvalue weighted by atomic mass is 35.6. The largest absolute Gasteiger partial charge is 0.445 e. The molecule has 1 aliphatic heterocycles. The molecule has 2 rings (SSSR count). The van der Waals surface area contributed by atoms with Crippen molar-refractivity contribution in [1.82, 2.24) is 19.8 Å². The lowest BCUT2D eigenvalue weighted by Gasteiger charge is -2.38. The number of hydrogen-bond acceptors (Lipinski definition) is 6. The molecule has 1 aromatic rings. The number of imidazole rings is 1. The number of aromatic nitrogens is 2. The zero-order valence-electron chi connectivity index (χ0n) is 14.2. The van der Waals surface area contributed by atoms with Crippen LogP contribution in [0, 0.1) is 17.0 Å². The molecule has 1 saturated heterocycles. The Hall–Kier alpha value is -1.29. The van der Waals surface area contributed by atoms with E-state index >= 15 is 0 Å². The summed E-state index contributed by atoms with van der Waals surface area (Å²) in [6.07, 6.45) is 2.59. The lowest BCUT2D eigenvalue weighted by atomic mass is 10.1. The van der Waals surface area contributed by atoms with Crippen LogP contribution in [0.2, 0.25) is 0 Å². The Morgan fingerprint density at radius 2 is 2.08 bits per heavy atom. The average molecular weight is 429 g/mol. The van der Waals surface area contributed by atoms with Gasteiger partial charge in [-0.25, -0.2) is 14.3 Å². The number of alkyl halides is 3. The summed E-state index contributed by atoms with van der Waals surface area (Å²) in [4.78, 5) is 28.2. The second-order valence-corrected chi connectivity index (χ2v) is 8.26. The molecule has 0 saturated carbocycles. The molecule has 0 bridgehead atoms. The van der Waals surface area contributed by atoms with Crippen molar-refractivity contribution in [1.29, 1.82) is 0 Å². The van der Waals surface area contributed by atoms with Crippen LogP contribution in [0.25, 0.3) is 0 Å². The van der Waals surface area contributed by atoms with Crippen molar-refractivity contribution in [3.8, 4) is 0 Å². The number of carbonyl (C=O) groups is 1. The molecule has 0 spiro atoms. The summed E-state index contributed by atoms with van der Waals surface area (Å²) in [7, 11) is 0. The van der Waals surface area contributed by atoms with Crippen molar-refractivity contribution >= 4 is 46.7 Å². The second-order valence-electron chi connectivity index (χ2n) is 5.89. The van der Waals surface area contributed by atoms with Gasteiger partial charge in [0.2, 0.25) is 3.79 Å². The minimum absolute atomic E-state index is 0.0869. The number of aryl methyl sites for hydroxylation is 1. The lowest BCUT2D eigenvalue weighted by Crippen LogP contribution is -2.56. The third-order valence-corrected chi connectivity index (χ3v) is 4.71. The Bertz CT molecular complexity index is 643. The molecule has 0 aromatic carbocycles. The van der Waals surface area contributed by atoms with Gasteiger partial charge in [0, 0.05) is 20.0 Å². The Morgan fingerprint density at radius 1 is 1.42 bits per heavy atom. The molecule has 12 heteroatoms. The Labute approximate surface area is 165 Å². The van der Waals surface area contributed by atoms with E-state index in [4.69, 9.17) is 39.5 Å². The van der Waals surface area contributed by atoms with Crippen LogP contribution in [-0.2, 0) is 11.3 Å². The Kier molecular flexibility index (Phi) is 7.33. The van der Waals surface area contributed by atoms with E-state index < -0.39 is 21.0 Å². The monoisotopic (exact) mass is 427 g/mol. The first-order valence-corrected chi connectivity index (χ1v) is 9.24. The first-order chi connectivity index (χ1) is 12.2. The van der Waals surface area contributed by atoms with Crippen molar-refractivity contribution in [3.63, 3.8) is 0 Å². The molecule has 1 fully saturated rings. The van der Waals surface area contributed by atoms with Gasteiger partial charge in [-0.1, -0.05) is 41.2 Å². The van der Waals surface area contributed by atoms with E-state index in [0.29, 0.717) is 18.9 Å². The fourth-order valence-corrected chi connectivity index (χ4v) is 3.40. The summed E-state index contributed by atoms with van der Waals surface area (Å²) in [6, 6.07) is 0. The molecule has 1 aliphatic rings. The van der Waals surface area contributed by atoms with Gasteiger partial charge in [0.25, 0.3) is 0 Å². The highest BCUT2D eigenvalue weighted by Gasteiger charge is 2.39. The van der Waals surface area contributed by atoms with Crippen molar-refractivity contribution in [2.24, 2.45) is 0 Å². The van der Waals surface area contributed by atoms with Crippen LogP contribution in [0.15, 0.2) is 6.20 Å². The Balaban J connectivity index is 1.90. The van der Waals surface area contributed by atoms with E-state index in [9.17, 15) is 14.9 Å². The maximum Gasteiger partial charge on any atom is 0.408 e. The van der Waals surface area contributed by atoms with Crippen LogP contribution in [0.4, 0.5) is 10.6 Å². The maximum absolute atomic E-state index is 12.1. The first kappa shape index (κ1) is 21.0. The number of ether oxygens (including phenoxy) is 1. The van der Waals surface area contributed by atoms with Crippen molar-refractivity contribution in [2.75, 3.05) is 19.7 Å². The number of piperidine rings is 1. The van der Waals surface area contributed by atoms with Crippen molar-refractivity contribution in [2.45, 2.75) is 42.7 Å². The zero-order valence-corrected chi connectivity index (χ0v) is 16.4. The molecule has 2 heterocycles. The van der Waals surface area contributed by atoms with Crippen LogP contribution in [0.1, 0.15) is 25.1 Å². The fraction of sp³-hybridized carbons (Fsp3) is 0.714. The van der Waals surface area contributed by atoms with E-state index in [2.05, 4.69) is 10.3 Å². The van der Waals surface area contributed by atoms with Crippen LogP contribution < -0.4 is 5.32 Å². The zero-order chi connectivity index (χ0) is 19.3. The van der Waals surface area contributed by atoms with E-state index in [0.717, 1.165) is 25.5 Å². The number of alkyl carbamates (subject to hydrolysis) is 1. The topological polar surface area (TPSA) is 103 Å². The lowest BCUT2D eigenvalue weighted by molar-refractivity contribution is -0.392. The third kappa shape index (κ3) is 5.60. The van der Waals surface area contributed by atoms with Gasteiger partial charge >= 0.3 is 11.9 Å². The quantitative estimate of drug-likeness (QED) is 0.424. The fourth-order valence-electron chi connectivity index (χ4n) is 2.82. The van der Waals surface area contributed by atoms with Gasteiger partial charge in [-0.15, -0.1) is 0 Å². The number of nitrogens with zero attached hydrogens (tertiary/aromatic N) is 4. The number of nitro groups is 1. The molecule has 1 atom stereocenters. The summed E-state index contributed by atoms with van der Waals surface area (Å²) >= 11 is 18.0. The minimum Gasteiger partial charge on any atom is -0.445 e. The van der Waals surface area contributed by atoms with Crippen LogP contribution in [0.5, 0.6) is 0 Å². The van der Waals surface area contributed by atoms with E-state index in [-0.39, 0.29) is 19.0 Å². The number of halogens is 3. The van der Waals surface area contributed by atoms with Crippen LogP contribution in [-0.4, -0.2) is 55.1 Å². The molecule has 1 N–H and O–H groups in total. The molecule has 26 heavy (non-hydrogen) atoms. The van der Waals surface area contributed by atoms with Gasteiger partial charge in [-0.3, -0.25) is 4.90 Å². The molecular formula is C14H20Cl3N5O4. The van der Waals surface area contributed by atoms with E-state index in [1.54, 1.807) is 6.92 Å². The average Bonchev–Trinajstić information content (AvgIpc) is 2.93. The number of nitrogens with one attached hydrogen (secondary N) is 1. The molecule has 9 nitrogen and oxygen atoms in total. The van der Waals surface area contributed by atoms with E-state index in [1.807, 2.05) is 4.90 Å². The first-order valence-electron chi connectivity index (χ1n) is 8.10. The predicted octanol–water partition coefficient (Wildman–Crippen LogP) is 3.01. The highest BCUT2D eigenvalue weighted by molar-refractivity contribution is 6.68. The summed E-state index contributed by atoms with van der Waals surface area (Å²) < 4.78 is 4.74. The normalized spacial score (nSPS) is 16.9. The molecule has 1 amide bonds. The highest BCUT2D eigenvalue weighted by Crippen LogP contribution is 2.33. The molecule has 146 valence electrons. The standard InChI is InChI=1S/C14H20Cl3N5O4/c1-10-18-9-11(22(24)25)21(10)7-8-26-13(23)19-12(14(15,16)17)20-5-3-2-4-6-20/h9,12H,2-8H2,1H3,(H,19,23). The van der Waals surface area contributed by atoms with Crippen molar-refractivity contribution in [3.05, 3.63) is 22.1 Å².